The number of hydrogen-bond donors (Lipinski definition) is 1. The summed E-state index contributed by atoms with van der Waals surface area (Å²) in [5.41, 5.74) is 5.43. The molecule has 5 heteroatoms. The van der Waals surface area contributed by atoms with Crippen LogP contribution in [0.4, 0.5) is 8.78 Å². The monoisotopic (exact) mass is 240 g/mol. The predicted octanol–water partition coefficient (Wildman–Crippen LogP) is 1.27. The third kappa shape index (κ3) is 2.44. The second kappa shape index (κ2) is 4.79. The number of carbonyl (C=O) groups is 1. The highest BCUT2D eigenvalue weighted by atomic mass is 19.1. The van der Waals surface area contributed by atoms with E-state index in [0.29, 0.717) is 19.5 Å². The van der Waals surface area contributed by atoms with E-state index >= 15 is 0 Å². The van der Waals surface area contributed by atoms with Crippen LogP contribution in [0.15, 0.2) is 18.2 Å². The third-order valence-corrected chi connectivity index (χ3v) is 3.04. The van der Waals surface area contributed by atoms with Gasteiger partial charge >= 0.3 is 0 Å². The van der Waals surface area contributed by atoms with Gasteiger partial charge in [0.15, 0.2) is 0 Å². The molecule has 1 saturated heterocycles. The summed E-state index contributed by atoms with van der Waals surface area (Å²) in [7, 11) is 0. The zero-order valence-corrected chi connectivity index (χ0v) is 9.33. The van der Waals surface area contributed by atoms with Gasteiger partial charge in [0, 0.05) is 18.5 Å². The first-order chi connectivity index (χ1) is 8.11. The van der Waals surface area contributed by atoms with Crippen LogP contribution in [0.3, 0.4) is 0 Å². The molecule has 0 bridgehead atoms. The molecule has 1 aliphatic rings. The summed E-state index contributed by atoms with van der Waals surface area (Å²) >= 11 is 0. The number of likely N-dealkylation sites (tertiary alicyclic amines) is 1. The van der Waals surface area contributed by atoms with Crippen molar-refractivity contribution in [3.8, 4) is 0 Å². The van der Waals surface area contributed by atoms with Crippen molar-refractivity contribution in [2.75, 3.05) is 13.1 Å². The molecule has 1 unspecified atom stereocenters. The Morgan fingerprint density at radius 3 is 2.53 bits per heavy atom. The molecule has 1 aromatic carbocycles. The highest BCUT2D eigenvalue weighted by Crippen LogP contribution is 2.21. The third-order valence-electron chi connectivity index (χ3n) is 3.04. The zero-order valence-electron chi connectivity index (χ0n) is 9.33. The predicted molar refractivity (Wildman–Crippen MR) is 58.9 cm³/mol. The summed E-state index contributed by atoms with van der Waals surface area (Å²) in [6.45, 7) is 0.874. The highest BCUT2D eigenvalue weighted by Gasteiger charge is 2.29. The summed E-state index contributed by atoms with van der Waals surface area (Å²) in [5, 5.41) is 0. The summed E-state index contributed by atoms with van der Waals surface area (Å²) in [5.74, 6) is -1.23. The van der Waals surface area contributed by atoms with E-state index in [2.05, 4.69) is 0 Å². The fourth-order valence-corrected chi connectivity index (χ4v) is 2.04. The van der Waals surface area contributed by atoms with Crippen LogP contribution in [0.2, 0.25) is 0 Å². The Morgan fingerprint density at radius 2 is 2.00 bits per heavy atom. The molecule has 1 fully saturated rings. The van der Waals surface area contributed by atoms with Crippen LogP contribution in [-0.4, -0.2) is 23.9 Å². The number of halogens is 2. The fourth-order valence-electron chi connectivity index (χ4n) is 2.04. The number of hydrogen-bond acceptors (Lipinski definition) is 2. The van der Waals surface area contributed by atoms with Crippen molar-refractivity contribution in [2.24, 2.45) is 11.7 Å². The van der Waals surface area contributed by atoms with Crippen LogP contribution < -0.4 is 5.73 Å². The lowest BCUT2D eigenvalue weighted by Gasteiger charge is -2.17. The molecule has 0 radical (unpaired) electrons. The van der Waals surface area contributed by atoms with Crippen molar-refractivity contribution in [3.63, 3.8) is 0 Å². The van der Waals surface area contributed by atoms with Crippen molar-refractivity contribution in [1.82, 2.24) is 4.90 Å². The van der Waals surface area contributed by atoms with Crippen molar-refractivity contribution >= 4 is 5.91 Å². The average molecular weight is 240 g/mol. The van der Waals surface area contributed by atoms with Gasteiger partial charge in [0.2, 0.25) is 5.91 Å². The van der Waals surface area contributed by atoms with Crippen LogP contribution in [-0.2, 0) is 11.3 Å². The van der Waals surface area contributed by atoms with Crippen molar-refractivity contribution in [2.45, 2.75) is 13.0 Å². The smallest absolute Gasteiger partial charge is 0.223 e. The molecule has 2 rings (SSSR count). The highest BCUT2D eigenvalue weighted by molar-refractivity contribution is 5.78. The minimum absolute atomic E-state index is 0.0200. The molecule has 1 amide bonds. The van der Waals surface area contributed by atoms with E-state index in [4.69, 9.17) is 5.73 Å². The van der Waals surface area contributed by atoms with Gasteiger partial charge in [-0.25, -0.2) is 8.78 Å². The molecular weight excluding hydrogens is 226 g/mol. The lowest BCUT2D eigenvalue weighted by atomic mass is 10.1. The normalized spacial score (nSPS) is 20.1. The fraction of sp³-hybridized carbons (Fsp3) is 0.417. The molecule has 0 saturated carbocycles. The van der Waals surface area contributed by atoms with E-state index in [0.717, 1.165) is 0 Å². The maximum Gasteiger partial charge on any atom is 0.223 e. The summed E-state index contributed by atoms with van der Waals surface area (Å²) < 4.78 is 26.8. The minimum Gasteiger partial charge on any atom is -0.338 e. The van der Waals surface area contributed by atoms with Crippen molar-refractivity contribution in [1.29, 1.82) is 0 Å². The molecule has 0 aromatic heterocycles. The number of nitrogens with zero attached hydrogens (tertiary/aromatic N) is 1. The largest absolute Gasteiger partial charge is 0.338 e. The van der Waals surface area contributed by atoms with Gasteiger partial charge in [-0.05, 0) is 24.6 Å². The minimum atomic E-state index is -0.617. The first-order valence-corrected chi connectivity index (χ1v) is 5.52. The number of rotatable bonds is 3. The second-order valence-corrected chi connectivity index (χ2v) is 4.28. The Hall–Kier alpha value is -1.49. The first kappa shape index (κ1) is 12.0. The molecule has 1 aromatic rings. The van der Waals surface area contributed by atoms with Gasteiger partial charge in [-0.2, -0.15) is 0 Å². The standard InChI is InChI=1S/C12H14F2N2O/c13-10-2-1-3-11(14)9(10)7-16-6-8(5-15)4-12(16)17/h1-3,8H,4-7,15H2. The van der Waals surface area contributed by atoms with E-state index in [1.165, 1.54) is 23.1 Å². The molecule has 2 N–H and O–H groups in total. The second-order valence-electron chi connectivity index (χ2n) is 4.28. The molecule has 1 heterocycles. The number of carbonyl (C=O) groups excluding carboxylic acids is 1. The van der Waals surface area contributed by atoms with Gasteiger partial charge in [-0.15, -0.1) is 0 Å². The first-order valence-electron chi connectivity index (χ1n) is 5.52. The maximum atomic E-state index is 13.4. The lowest BCUT2D eigenvalue weighted by Crippen LogP contribution is -2.26. The molecule has 0 aliphatic carbocycles. The van der Waals surface area contributed by atoms with E-state index < -0.39 is 11.6 Å². The lowest BCUT2D eigenvalue weighted by molar-refractivity contribution is -0.128. The van der Waals surface area contributed by atoms with E-state index in [1.807, 2.05) is 0 Å². The number of amides is 1. The Labute approximate surface area is 98.2 Å². The summed E-state index contributed by atoms with van der Waals surface area (Å²) in [6.07, 6.45) is 0.368. The Morgan fingerprint density at radius 1 is 1.35 bits per heavy atom. The van der Waals surface area contributed by atoms with Gasteiger partial charge in [-0.1, -0.05) is 6.07 Å². The van der Waals surface area contributed by atoms with Gasteiger partial charge in [0.1, 0.15) is 11.6 Å². The number of nitrogens with two attached hydrogens (primary N) is 1. The topological polar surface area (TPSA) is 46.3 Å². The van der Waals surface area contributed by atoms with Crippen LogP contribution in [0.5, 0.6) is 0 Å². The Bertz CT molecular complexity index is 416. The molecule has 1 aliphatic heterocycles. The van der Waals surface area contributed by atoms with Gasteiger partial charge < -0.3 is 10.6 Å². The van der Waals surface area contributed by atoms with Gasteiger partial charge in [0.05, 0.1) is 6.54 Å². The van der Waals surface area contributed by atoms with Crippen LogP contribution in [0.1, 0.15) is 12.0 Å². The van der Waals surface area contributed by atoms with Crippen LogP contribution >= 0.6 is 0 Å². The van der Waals surface area contributed by atoms with Crippen LogP contribution in [0, 0.1) is 17.6 Å². The van der Waals surface area contributed by atoms with Crippen molar-refractivity contribution < 1.29 is 13.6 Å². The Balaban J connectivity index is 2.14. The van der Waals surface area contributed by atoms with E-state index in [-0.39, 0.29) is 23.9 Å². The maximum absolute atomic E-state index is 13.4. The molecule has 0 spiro atoms. The zero-order chi connectivity index (χ0) is 12.4. The molecular formula is C12H14F2N2O. The van der Waals surface area contributed by atoms with Gasteiger partial charge in [0.25, 0.3) is 0 Å². The quantitative estimate of drug-likeness (QED) is 0.864. The average Bonchev–Trinajstić information content (AvgIpc) is 2.65. The SMILES string of the molecule is NCC1CC(=O)N(Cc2c(F)cccc2F)C1. The van der Waals surface area contributed by atoms with E-state index in [9.17, 15) is 13.6 Å². The molecule has 3 nitrogen and oxygen atoms in total. The van der Waals surface area contributed by atoms with E-state index in [1.54, 1.807) is 0 Å². The summed E-state index contributed by atoms with van der Waals surface area (Å²) in [6, 6.07) is 3.70. The molecule has 1 atom stereocenters. The molecule has 92 valence electrons. The Kier molecular flexibility index (Phi) is 3.38. The summed E-state index contributed by atoms with van der Waals surface area (Å²) in [4.78, 5) is 13.1. The van der Waals surface area contributed by atoms with Crippen LogP contribution in [0.25, 0.3) is 0 Å². The molecule has 17 heavy (non-hydrogen) atoms. The number of benzene rings is 1. The van der Waals surface area contributed by atoms with Gasteiger partial charge in [-0.3, -0.25) is 4.79 Å². The van der Waals surface area contributed by atoms with Crippen molar-refractivity contribution in [3.05, 3.63) is 35.4 Å².